The van der Waals surface area contributed by atoms with Gasteiger partial charge in [-0.2, -0.15) is 11.8 Å². The van der Waals surface area contributed by atoms with E-state index in [2.05, 4.69) is 10.2 Å². The topological polar surface area (TPSA) is 147 Å². The maximum atomic E-state index is 12.9. The molecule has 3 rings (SSSR count). The number of carbonyl (C=O) groups excluding carboxylic acids is 3. The molecule has 2 amide bonds. The minimum Gasteiger partial charge on any atom is -0.484 e. The fourth-order valence-corrected chi connectivity index (χ4v) is 5.80. The SMILES string of the molecule is CSCCC(NC(=O)CCCCCO[N+](=O)[O-])C(=O)OC(C)OC(=O)N(C)CC[C@H](Oc1cccc2ccccc12)c1cccs1. The van der Waals surface area contributed by atoms with Crippen molar-refractivity contribution in [1.82, 2.24) is 10.2 Å². The van der Waals surface area contributed by atoms with Crippen molar-refractivity contribution in [3.63, 3.8) is 0 Å². The lowest BCUT2D eigenvalue weighted by Crippen LogP contribution is -2.44. The highest BCUT2D eigenvalue weighted by Gasteiger charge is 2.26. The smallest absolute Gasteiger partial charge is 0.412 e. The first kappa shape index (κ1) is 36.4. The Bertz CT molecular complexity index is 1400. The van der Waals surface area contributed by atoms with Gasteiger partial charge in [-0.25, -0.2) is 9.59 Å². The fourth-order valence-electron chi connectivity index (χ4n) is 4.54. The summed E-state index contributed by atoms with van der Waals surface area (Å²) >= 11 is 3.09. The number of ether oxygens (including phenoxy) is 3. The second-order valence-electron chi connectivity index (χ2n) is 10.5. The summed E-state index contributed by atoms with van der Waals surface area (Å²) < 4.78 is 17.2. The molecule has 1 heterocycles. The molecule has 250 valence electrons. The number of benzene rings is 2. The number of thioether (sulfide) groups is 1. The van der Waals surface area contributed by atoms with E-state index >= 15 is 0 Å². The van der Waals surface area contributed by atoms with Crippen LogP contribution in [0.3, 0.4) is 0 Å². The Morgan fingerprint density at radius 3 is 2.54 bits per heavy atom. The molecular weight excluding hydrogens is 634 g/mol. The molecule has 0 aliphatic carbocycles. The van der Waals surface area contributed by atoms with Crippen molar-refractivity contribution >= 4 is 51.8 Å². The first-order valence-electron chi connectivity index (χ1n) is 15.0. The first-order valence-corrected chi connectivity index (χ1v) is 17.3. The van der Waals surface area contributed by atoms with Crippen LogP contribution < -0.4 is 10.1 Å². The van der Waals surface area contributed by atoms with Crippen LogP contribution >= 0.6 is 23.1 Å². The zero-order valence-corrected chi connectivity index (χ0v) is 27.9. The number of esters is 1. The van der Waals surface area contributed by atoms with E-state index in [1.165, 1.54) is 23.6 Å². The molecule has 12 nitrogen and oxygen atoms in total. The van der Waals surface area contributed by atoms with Crippen LogP contribution in [-0.4, -0.2) is 72.5 Å². The first-order chi connectivity index (χ1) is 22.2. The van der Waals surface area contributed by atoms with Gasteiger partial charge < -0.3 is 29.3 Å². The van der Waals surface area contributed by atoms with Crippen LogP contribution in [0.1, 0.15) is 56.4 Å². The van der Waals surface area contributed by atoms with Gasteiger partial charge in [0.1, 0.15) is 17.9 Å². The summed E-state index contributed by atoms with van der Waals surface area (Å²) in [6.45, 7) is 1.73. The molecule has 0 saturated carbocycles. The number of carbonyl (C=O) groups is 3. The van der Waals surface area contributed by atoms with E-state index in [4.69, 9.17) is 14.2 Å². The Morgan fingerprint density at radius 1 is 1.02 bits per heavy atom. The third-order valence-electron chi connectivity index (χ3n) is 6.94. The molecule has 0 bridgehead atoms. The number of unbranched alkanes of at least 4 members (excludes halogenated alkanes) is 2. The maximum absolute atomic E-state index is 12.9. The Hall–Kier alpha value is -4.04. The molecule has 0 aliphatic heterocycles. The van der Waals surface area contributed by atoms with Crippen LogP contribution in [-0.2, 0) is 23.9 Å². The van der Waals surface area contributed by atoms with Gasteiger partial charge in [-0.05, 0) is 54.2 Å². The number of thiophene rings is 1. The van der Waals surface area contributed by atoms with E-state index in [1.54, 1.807) is 18.4 Å². The summed E-state index contributed by atoms with van der Waals surface area (Å²) in [7, 11) is 1.60. The number of hydrogen-bond acceptors (Lipinski definition) is 11. The predicted molar refractivity (Wildman–Crippen MR) is 177 cm³/mol. The molecule has 0 radical (unpaired) electrons. The van der Waals surface area contributed by atoms with Crippen molar-refractivity contribution in [2.24, 2.45) is 0 Å². The maximum Gasteiger partial charge on any atom is 0.412 e. The van der Waals surface area contributed by atoms with Gasteiger partial charge in [-0.3, -0.25) is 4.79 Å². The van der Waals surface area contributed by atoms with Gasteiger partial charge in [0.15, 0.2) is 0 Å². The minimum absolute atomic E-state index is 0.0306. The quantitative estimate of drug-likeness (QED) is 0.0471. The zero-order chi connectivity index (χ0) is 33.3. The van der Waals surface area contributed by atoms with Crippen molar-refractivity contribution in [2.45, 2.75) is 63.9 Å². The number of amides is 2. The molecule has 1 aromatic heterocycles. The summed E-state index contributed by atoms with van der Waals surface area (Å²) in [5.74, 6) is 0.314. The van der Waals surface area contributed by atoms with E-state index < -0.39 is 29.5 Å². The molecule has 0 saturated heterocycles. The van der Waals surface area contributed by atoms with Crippen LogP contribution in [0.5, 0.6) is 5.75 Å². The lowest BCUT2D eigenvalue weighted by molar-refractivity contribution is -0.757. The summed E-state index contributed by atoms with van der Waals surface area (Å²) in [4.78, 5) is 55.1. The van der Waals surface area contributed by atoms with Crippen molar-refractivity contribution in [3.05, 3.63) is 75.0 Å². The lowest BCUT2D eigenvalue weighted by Gasteiger charge is -2.25. The summed E-state index contributed by atoms with van der Waals surface area (Å²) in [5, 5.41) is 16.1. The standard InChI is InChI=1S/C32H41N3O9S2/c1-23(42-31(37)26(18-22-45-3)33-30(36)16-5-4-8-20-41-35(39)40)43-32(38)34(2)19-17-28(29-15-10-21-46-29)44-27-14-9-12-24-11-6-7-13-25(24)27/h6-7,9-15,21,23,26,28H,4-5,8,16-20,22H2,1-3H3,(H,33,36)/t23?,26?,28-/m0/s1. The summed E-state index contributed by atoms with van der Waals surface area (Å²) in [6.07, 6.45) is 2.20. The number of nitrogens with one attached hydrogen (secondary N) is 1. The van der Waals surface area contributed by atoms with Crippen molar-refractivity contribution in [1.29, 1.82) is 0 Å². The number of rotatable bonds is 20. The zero-order valence-electron chi connectivity index (χ0n) is 26.3. The molecule has 0 spiro atoms. The summed E-state index contributed by atoms with van der Waals surface area (Å²) in [5.41, 5.74) is 0. The van der Waals surface area contributed by atoms with Gasteiger partial charge >= 0.3 is 12.1 Å². The number of fused-ring (bicyclic) bond motifs is 1. The van der Waals surface area contributed by atoms with Gasteiger partial charge in [-0.1, -0.05) is 48.9 Å². The van der Waals surface area contributed by atoms with Crippen LogP contribution in [0.4, 0.5) is 4.79 Å². The Morgan fingerprint density at radius 2 is 1.80 bits per heavy atom. The van der Waals surface area contributed by atoms with Gasteiger partial charge in [0.05, 0.1) is 6.61 Å². The number of nitrogens with zero attached hydrogens (tertiary/aromatic N) is 2. The predicted octanol–water partition coefficient (Wildman–Crippen LogP) is 6.38. The highest BCUT2D eigenvalue weighted by Crippen LogP contribution is 2.33. The second kappa shape index (κ2) is 19.5. The van der Waals surface area contributed by atoms with Crippen LogP contribution in [0.2, 0.25) is 0 Å². The molecule has 46 heavy (non-hydrogen) atoms. The van der Waals surface area contributed by atoms with E-state index in [-0.39, 0.29) is 25.0 Å². The Balaban J connectivity index is 1.49. The van der Waals surface area contributed by atoms with Gasteiger partial charge in [0, 0.05) is 43.6 Å². The van der Waals surface area contributed by atoms with Gasteiger partial charge in [-0.15, -0.1) is 21.5 Å². The van der Waals surface area contributed by atoms with Crippen molar-refractivity contribution < 1.29 is 38.5 Å². The van der Waals surface area contributed by atoms with Crippen molar-refractivity contribution in [2.75, 3.05) is 32.2 Å². The van der Waals surface area contributed by atoms with Gasteiger partial charge in [0.25, 0.3) is 5.09 Å². The average Bonchev–Trinajstić information content (AvgIpc) is 3.57. The molecule has 2 aromatic carbocycles. The van der Waals surface area contributed by atoms with Crippen LogP contribution in [0.25, 0.3) is 10.8 Å². The van der Waals surface area contributed by atoms with Crippen molar-refractivity contribution in [3.8, 4) is 5.75 Å². The Labute approximate surface area is 276 Å². The average molecular weight is 676 g/mol. The van der Waals surface area contributed by atoms with E-state index in [0.29, 0.717) is 44.4 Å². The minimum atomic E-state index is -1.18. The molecule has 0 aliphatic rings. The molecule has 2 unspecified atom stereocenters. The molecule has 3 atom stereocenters. The largest absolute Gasteiger partial charge is 0.484 e. The third kappa shape index (κ3) is 12.4. The van der Waals surface area contributed by atoms with Crippen LogP contribution in [0, 0.1) is 10.1 Å². The monoisotopic (exact) mass is 675 g/mol. The summed E-state index contributed by atoms with van der Waals surface area (Å²) in [6, 6.07) is 17.0. The highest BCUT2D eigenvalue weighted by atomic mass is 32.2. The second-order valence-corrected chi connectivity index (χ2v) is 12.4. The molecular formula is C32H41N3O9S2. The number of hydrogen-bond donors (Lipinski definition) is 1. The van der Waals surface area contributed by atoms with E-state index in [1.807, 2.05) is 66.2 Å². The Kier molecular flexibility index (Phi) is 15.4. The third-order valence-corrected chi connectivity index (χ3v) is 8.55. The highest BCUT2D eigenvalue weighted by molar-refractivity contribution is 7.98. The molecule has 14 heteroatoms. The fraction of sp³-hybridized carbons (Fsp3) is 0.469. The molecule has 3 aromatic rings. The van der Waals surface area contributed by atoms with Crippen LogP contribution in [0.15, 0.2) is 60.0 Å². The normalized spacial score (nSPS) is 12.8. The van der Waals surface area contributed by atoms with Gasteiger partial charge in [0.2, 0.25) is 12.2 Å². The van der Waals surface area contributed by atoms with E-state index in [9.17, 15) is 24.5 Å². The van der Waals surface area contributed by atoms with E-state index in [0.717, 1.165) is 21.4 Å². The molecule has 0 fully saturated rings. The molecule has 1 N–H and O–H groups in total. The lowest BCUT2D eigenvalue weighted by atomic mass is 10.1.